The lowest BCUT2D eigenvalue weighted by molar-refractivity contribution is -0.386. The minimum atomic E-state index is -0.513. The topological polar surface area (TPSA) is 87.6 Å². The summed E-state index contributed by atoms with van der Waals surface area (Å²) in [5, 5.41) is 10.8. The van der Waals surface area contributed by atoms with Crippen LogP contribution in [0.3, 0.4) is 0 Å². The summed E-state index contributed by atoms with van der Waals surface area (Å²) in [4.78, 5) is 10.3. The van der Waals surface area contributed by atoms with Crippen molar-refractivity contribution in [2.24, 2.45) is 5.73 Å². The first-order valence-corrected chi connectivity index (χ1v) is 4.77. The Labute approximate surface area is 93.1 Å². The summed E-state index contributed by atoms with van der Waals surface area (Å²) in [6.07, 6.45) is -0.271. The first-order chi connectivity index (χ1) is 7.58. The zero-order chi connectivity index (χ0) is 12.1. The van der Waals surface area contributed by atoms with E-state index in [9.17, 15) is 10.1 Å². The molecule has 0 aliphatic rings. The maximum absolute atomic E-state index is 10.8. The third-order valence-electron chi connectivity index (χ3n) is 2.02. The molecule has 0 saturated heterocycles. The quantitative estimate of drug-likeness (QED) is 0.604. The van der Waals surface area contributed by atoms with Crippen molar-refractivity contribution in [3.63, 3.8) is 0 Å². The number of nitrogens with zero attached hydrogens (tertiary/aromatic N) is 1. The second-order valence-corrected chi connectivity index (χ2v) is 3.25. The van der Waals surface area contributed by atoms with E-state index in [1.165, 1.54) is 19.2 Å². The van der Waals surface area contributed by atoms with E-state index in [0.717, 1.165) is 0 Å². The second kappa shape index (κ2) is 5.32. The van der Waals surface area contributed by atoms with Gasteiger partial charge in [0.1, 0.15) is 11.9 Å². The van der Waals surface area contributed by atoms with E-state index < -0.39 is 4.92 Å². The van der Waals surface area contributed by atoms with E-state index in [1.807, 2.05) is 0 Å². The average molecular weight is 226 g/mol. The van der Waals surface area contributed by atoms with E-state index in [4.69, 9.17) is 15.2 Å². The molecular weight excluding hydrogens is 212 g/mol. The van der Waals surface area contributed by atoms with Gasteiger partial charge in [-0.25, -0.2) is 0 Å². The standard InChI is InChI=1S/C10H14N2O4/c1-7(6-11)16-10-4-3-8(15-2)5-9(10)12(13)14/h3-5,7H,6,11H2,1-2H3. The number of hydrogen-bond acceptors (Lipinski definition) is 5. The van der Waals surface area contributed by atoms with Gasteiger partial charge in [0.25, 0.3) is 0 Å². The molecule has 0 radical (unpaired) electrons. The van der Waals surface area contributed by atoms with Gasteiger partial charge in [-0.3, -0.25) is 10.1 Å². The summed E-state index contributed by atoms with van der Waals surface area (Å²) in [5.41, 5.74) is 5.26. The average Bonchev–Trinajstić information content (AvgIpc) is 2.29. The van der Waals surface area contributed by atoms with Crippen molar-refractivity contribution in [2.75, 3.05) is 13.7 Å². The highest BCUT2D eigenvalue weighted by atomic mass is 16.6. The molecule has 0 saturated carbocycles. The Bertz CT molecular complexity index is 381. The van der Waals surface area contributed by atoms with Crippen LogP contribution in [0.25, 0.3) is 0 Å². The van der Waals surface area contributed by atoms with Crippen LogP contribution >= 0.6 is 0 Å². The SMILES string of the molecule is COc1ccc(OC(C)CN)c([N+](=O)[O-])c1. The molecule has 0 aliphatic carbocycles. The van der Waals surface area contributed by atoms with E-state index in [-0.39, 0.29) is 17.5 Å². The Hall–Kier alpha value is -1.82. The Morgan fingerprint density at radius 2 is 2.25 bits per heavy atom. The molecule has 0 aromatic heterocycles. The van der Waals surface area contributed by atoms with Gasteiger partial charge in [-0.2, -0.15) is 0 Å². The van der Waals surface area contributed by atoms with Gasteiger partial charge in [0.05, 0.1) is 18.1 Å². The molecule has 0 heterocycles. The molecule has 1 aromatic carbocycles. The number of rotatable bonds is 5. The highest BCUT2D eigenvalue weighted by molar-refractivity contribution is 5.51. The molecule has 1 unspecified atom stereocenters. The molecular formula is C10H14N2O4. The van der Waals surface area contributed by atoms with Crippen LogP contribution in [-0.2, 0) is 0 Å². The molecule has 1 atom stereocenters. The largest absolute Gasteiger partial charge is 0.496 e. The van der Waals surface area contributed by atoms with Crippen LogP contribution in [0.2, 0.25) is 0 Å². The van der Waals surface area contributed by atoms with Crippen molar-refractivity contribution >= 4 is 5.69 Å². The summed E-state index contributed by atoms with van der Waals surface area (Å²) in [6.45, 7) is 2.04. The van der Waals surface area contributed by atoms with Crippen molar-refractivity contribution in [1.29, 1.82) is 0 Å². The van der Waals surface area contributed by atoms with Gasteiger partial charge in [-0.05, 0) is 19.1 Å². The number of nitro groups is 1. The van der Waals surface area contributed by atoms with E-state index in [0.29, 0.717) is 12.3 Å². The minimum absolute atomic E-state index is 0.125. The van der Waals surface area contributed by atoms with E-state index >= 15 is 0 Å². The van der Waals surface area contributed by atoms with Crippen LogP contribution in [0.4, 0.5) is 5.69 Å². The van der Waals surface area contributed by atoms with Crippen LogP contribution < -0.4 is 15.2 Å². The lowest BCUT2D eigenvalue weighted by Gasteiger charge is -2.12. The fraction of sp³-hybridized carbons (Fsp3) is 0.400. The molecule has 2 N–H and O–H groups in total. The summed E-state index contributed by atoms with van der Waals surface area (Å²) >= 11 is 0. The van der Waals surface area contributed by atoms with Gasteiger partial charge in [0, 0.05) is 6.54 Å². The number of methoxy groups -OCH3 is 1. The predicted octanol–water partition coefficient (Wildman–Crippen LogP) is 1.33. The van der Waals surface area contributed by atoms with Crippen molar-refractivity contribution in [3.05, 3.63) is 28.3 Å². The molecule has 0 bridgehead atoms. The molecule has 0 aliphatic heterocycles. The van der Waals surface area contributed by atoms with Gasteiger partial charge in [-0.15, -0.1) is 0 Å². The molecule has 0 amide bonds. The van der Waals surface area contributed by atoms with Crippen molar-refractivity contribution in [2.45, 2.75) is 13.0 Å². The fourth-order valence-corrected chi connectivity index (χ4v) is 1.13. The van der Waals surface area contributed by atoms with Crippen LogP contribution in [0.15, 0.2) is 18.2 Å². The number of nitro benzene ring substituents is 1. The Morgan fingerprint density at radius 1 is 1.56 bits per heavy atom. The van der Waals surface area contributed by atoms with Crippen molar-refractivity contribution in [1.82, 2.24) is 0 Å². The molecule has 1 rings (SSSR count). The van der Waals surface area contributed by atoms with Gasteiger partial charge in [0.2, 0.25) is 0 Å². The lowest BCUT2D eigenvalue weighted by atomic mass is 10.2. The van der Waals surface area contributed by atoms with Crippen LogP contribution in [-0.4, -0.2) is 24.7 Å². The van der Waals surface area contributed by atoms with Crippen molar-refractivity contribution in [3.8, 4) is 11.5 Å². The lowest BCUT2D eigenvalue weighted by Crippen LogP contribution is -2.23. The normalized spacial score (nSPS) is 11.9. The maximum Gasteiger partial charge on any atom is 0.314 e. The van der Waals surface area contributed by atoms with Gasteiger partial charge in [-0.1, -0.05) is 0 Å². The third kappa shape index (κ3) is 2.83. The van der Waals surface area contributed by atoms with Gasteiger partial charge in [0.15, 0.2) is 5.75 Å². The summed E-state index contributed by atoms with van der Waals surface area (Å²) in [7, 11) is 1.45. The number of nitrogens with two attached hydrogens (primary N) is 1. The van der Waals surface area contributed by atoms with Crippen LogP contribution in [0.1, 0.15) is 6.92 Å². The summed E-state index contributed by atoms with van der Waals surface area (Å²) in [5.74, 6) is 0.614. The van der Waals surface area contributed by atoms with E-state index in [2.05, 4.69) is 0 Å². The zero-order valence-electron chi connectivity index (χ0n) is 9.17. The molecule has 6 heteroatoms. The highest BCUT2D eigenvalue weighted by Crippen LogP contribution is 2.31. The highest BCUT2D eigenvalue weighted by Gasteiger charge is 2.17. The smallest absolute Gasteiger partial charge is 0.314 e. The Kier molecular flexibility index (Phi) is 4.07. The monoisotopic (exact) mass is 226 g/mol. The third-order valence-corrected chi connectivity index (χ3v) is 2.02. The molecule has 0 fully saturated rings. The number of benzene rings is 1. The van der Waals surface area contributed by atoms with Gasteiger partial charge >= 0.3 is 5.69 Å². The Morgan fingerprint density at radius 3 is 2.75 bits per heavy atom. The molecule has 0 spiro atoms. The van der Waals surface area contributed by atoms with E-state index in [1.54, 1.807) is 13.0 Å². The van der Waals surface area contributed by atoms with Crippen LogP contribution in [0.5, 0.6) is 11.5 Å². The summed E-state index contributed by atoms with van der Waals surface area (Å²) < 4.78 is 10.2. The Balaban J connectivity index is 3.03. The van der Waals surface area contributed by atoms with Crippen LogP contribution in [0, 0.1) is 10.1 Å². The van der Waals surface area contributed by atoms with Crippen molar-refractivity contribution < 1.29 is 14.4 Å². The maximum atomic E-state index is 10.8. The zero-order valence-corrected chi connectivity index (χ0v) is 9.17. The fourth-order valence-electron chi connectivity index (χ4n) is 1.13. The first kappa shape index (κ1) is 12.3. The first-order valence-electron chi connectivity index (χ1n) is 4.77. The van der Waals surface area contributed by atoms with Gasteiger partial charge < -0.3 is 15.2 Å². The molecule has 1 aromatic rings. The predicted molar refractivity (Wildman–Crippen MR) is 58.8 cm³/mol. The molecule has 6 nitrogen and oxygen atoms in total. The minimum Gasteiger partial charge on any atom is -0.496 e. The molecule has 88 valence electrons. The molecule has 16 heavy (non-hydrogen) atoms. The number of hydrogen-bond donors (Lipinski definition) is 1. The number of ether oxygens (including phenoxy) is 2. The summed E-state index contributed by atoms with van der Waals surface area (Å²) in [6, 6.07) is 4.42. The second-order valence-electron chi connectivity index (χ2n) is 3.25.